The molecule has 0 saturated heterocycles. The summed E-state index contributed by atoms with van der Waals surface area (Å²) in [5.41, 5.74) is 1.19. The van der Waals surface area contributed by atoms with Gasteiger partial charge in [-0.2, -0.15) is 0 Å². The highest BCUT2D eigenvalue weighted by Gasteiger charge is 2.17. The summed E-state index contributed by atoms with van der Waals surface area (Å²) in [5, 5.41) is 0.802. The van der Waals surface area contributed by atoms with E-state index in [2.05, 4.69) is 20.9 Å². The van der Waals surface area contributed by atoms with Crippen molar-refractivity contribution in [1.29, 1.82) is 0 Å². The first-order valence-electron chi connectivity index (χ1n) is 6.15. The highest BCUT2D eigenvalue weighted by molar-refractivity contribution is 9.10. The summed E-state index contributed by atoms with van der Waals surface area (Å²) < 4.78 is 26.1. The predicted molar refractivity (Wildman–Crippen MR) is 88.8 cm³/mol. The second-order valence-corrected chi connectivity index (χ2v) is 8.60. The molecule has 0 N–H and O–H groups in total. The third-order valence-corrected chi connectivity index (χ3v) is 6.13. The molecule has 0 radical (unpaired) electrons. The number of rotatable bonds is 5. The van der Waals surface area contributed by atoms with E-state index in [4.69, 9.17) is 0 Å². The maximum absolute atomic E-state index is 11.9. The topological polar surface area (TPSA) is 50.3 Å². The standard InChI is InChI=1S/C14H15BrN2O2S2/c1-17(2)21(18,19)13-7-8-14(16-9-13)20-10-11-3-5-12(15)6-4-11/h3-9H,10H2,1-2H3. The van der Waals surface area contributed by atoms with Crippen LogP contribution in [-0.2, 0) is 15.8 Å². The number of sulfonamides is 1. The van der Waals surface area contributed by atoms with Crippen molar-refractivity contribution in [3.05, 3.63) is 52.6 Å². The van der Waals surface area contributed by atoms with Crippen molar-refractivity contribution in [2.45, 2.75) is 15.7 Å². The van der Waals surface area contributed by atoms with Gasteiger partial charge in [0.25, 0.3) is 0 Å². The van der Waals surface area contributed by atoms with Gasteiger partial charge < -0.3 is 0 Å². The molecule has 21 heavy (non-hydrogen) atoms. The van der Waals surface area contributed by atoms with Gasteiger partial charge in [0.15, 0.2) is 0 Å². The molecule has 0 spiro atoms. The molecule has 0 aliphatic carbocycles. The number of benzene rings is 1. The van der Waals surface area contributed by atoms with Gasteiger partial charge in [0, 0.05) is 30.5 Å². The van der Waals surface area contributed by atoms with Crippen LogP contribution in [0.5, 0.6) is 0 Å². The Morgan fingerprint density at radius 3 is 2.33 bits per heavy atom. The fourth-order valence-electron chi connectivity index (χ4n) is 1.55. The highest BCUT2D eigenvalue weighted by Crippen LogP contribution is 2.23. The third kappa shape index (κ3) is 4.29. The molecule has 1 aromatic heterocycles. The van der Waals surface area contributed by atoms with Crippen LogP contribution >= 0.6 is 27.7 Å². The van der Waals surface area contributed by atoms with Gasteiger partial charge in [0.2, 0.25) is 10.0 Å². The van der Waals surface area contributed by atoms with E-state index in [1.54, 1.807) is 23.9 Å². The zero-order valence-corrected chi connectivity index (χ0v) is 14.9. The predicted octanol–water partition coefficient (Wildman–Crippen LogP) is 3.39. The van der Waals surface area contributed by atoms with Crippen molar-refractivity contribution in [1.82, 2.24) is 9.29 Å². The van der Waals surface area contributed by atoms with Gasteiger partial charge in [-0.05, 0) is 29.8 Å². The molecule has 2 aromatic rings. The van der Waals surface area contributed by atoms with E-state index in [-0.39, 0.29) is 4.90 Å². The normalized spacial score (nSPS) is 11.8. The zero-order valence-electron chi connectivity index (χ0n) is 11.7. The van der Waals surface area contributed by atoms with E-state index < -0.39 is 10.0 Å². The Morgan fingerprint density at radius 2 is 1.81 bits per heavy atom. The summed E-state index contributed by atoms with van der Waals surface area (Å²) in [7, 11) is -0.398. The average molecular weight is 387 g/mol. The monoisotopic (exact) mass is 386 g/mol. The molecule has 112 valence electrons. The molecular weight excluding hydrogens is 372 g/mol. The maximum Gasteiger partial charge on any atom is 0.244 e. The van der Waals surface area contributed by atoms with Crippen LogP contribution in [0.1, 0.15) is 5.56 Å². The van der Waals surface area contributed by atoms with Crippen LogP contribution in [0, 0.1) is 0 Å². The highest BCUT2D eigenvalue weighted by atomic mass is 79.9. The van der Waals surface area contributed by atoms with Crippen molar-refractivity contribution >= 4 is 37.7 Å². The summed E-state index contributed by atoms with van der Waals surface area (Å²) >= 11 is 4.97. The summed E-state index contributed by atoms with van der Waals surface area (Å²) in [4.78, 5) is 4.42. The molecule has 0 amide bonds. The minimum absolute atomic E-state index is 0.209. The molecule has 0 bridgehead atoms. The van der Waals surface area contributed by atoms with E-state index in [1.165, 1.54) is 30.2 Å². The minimum Gasteiger partial charge on any atom is -0.249 e. The van der Waals surface area contributed by atoms with Crippen molar-refractivity contribution in [3.8, 4) is 0 Å². The van der Waals surface area contributed by atoms with Gasteiger partial charge >= 0.3 is 0 Å². The van der Waals surface area contributed by atoms with Gasteiger partial charge in [-0.1, -0.05) is 28.1 Å². The third-order valence-electron chi connectivity index (χ3n) is 2.79. The van der Waals surface area contributed by atoms with Crippen LogP contribution in [0.3, 0.4) is 0 Å². The number of thioether (sulfide) groups is 1. The van der Waals surface area contributed by atoms with E-state index in [0.29, 0.717) is 0 Å². The SMILES string of the molecule is CN(C)S(=O)(=O)c1ccc(SCc2ccc(Br)cc2)nc1. The number of aromatic nitrogens is 1. The Balaban J connectivity index is 2.05. The number of hydrogen-bond acceptors (Lipinski definition) is 4. The Kier molecular flexibility index (Phi) is 5.43. The molecule has 0 aliphatic heterocycles. The van der Waals surface area contributed by atoms with Crippen molar-refractivity contribution in [3.63, 3.8) is 0 Å². The van der Waals surface area contributed by atoms with Crippen molar-refractivity contribution in [2.24, 2.45) is 0 Å². The van der Waals surface area contributed by atoms with E-state index in [0.717, 1.165) is 15.3 Å². The summed E-state index contributed by atoms with van der Waals surface area (Å²) in [6.45, 7) is 0. The molecule has 7 heteroatoms. The number of hydrogen-bond donors (Lipinski definition) is 0. The molecule has 0 unspecified atom stereocenters. The minimum atomic E-state index is -3.41. The van der Waals surface area contributed by atoms with Gasteiger partial charge in [0.05, 0.1) is 5.03 Å². The Hall–Kier alpha value is -0.890. The molecule has 1 heterocycles. The quantitative estimate of drug-likeness (QED) is 0.738. The lowest BCUT2D eigenvalue weighted by molar-refractivity contribution is 0.520. The number of pyridine rings is 1. The second kappa shape index (κ2) is 6.91. The van der Waals surface area contributed by atoms with Crippen molar-refractivity contribution in [2.75, 3.05) is 14.1 Å². The Morgan fingerprint density at radius 1 is 1.14 bits per heavy atom. The molecule has 0 fully saturated rings. The number of nitrogens with zero attached hydrogens (tertiary/aromatic N) is 2. The fraction of sp³-hybridized carbons (Fsp3) is 0.214. The first-order valence-corrected chi connectivity index (χ1v) is 9.37. The van der Waals surface area contributed by atoms with Crippen LogP contribution in [0.4, 0.5) is 0 Å². The largest absolute Gasteiger partial charge is 0.249 e. The molecule has 1 aromatic carbocycles. The summed E-state index contributed by atoms with van der Waals surface area (Å²) in [6, 6.07) is 11.4. The van der Waals surface area contributed by atoms with Gasteiger partial charge in [-0.15, -0.1) is 11.8 Å². The van der Waals surface area contributed by atoms with E-state index in [9.17, 15) is 8.42 Å². The lowest BCUT2D eigenvalue weighted by Crippen LogP contribution is -2.22. The summed E-state index contributed by atoms with van der Waals surface area (Å²) in [5.74, 6) is 0.792. The molecule has 0 atom stereocenters. The van der Waals surface area contributed by atoms with E-state index >= 15 is 0 Å². The first kappa shape index (κ1) is 16.5. The molecule has 0 aliphatic rings. The average Bonchev–Trinajstić information content (AvgIpc) is 2.47. The lowest BCUT2D eigenvalue weighted by atomic mass is 10.2. The Labute approximate surface area is 137 Å². The smallest absolute Gasteiger partial charge is 0.244 e. The summed E-state index contributed by atoms with van der Waals surface area (Å²) in [6.07, 6.45) is 1.40. The molecular formula is C14H15BrN2O2S2. The Bertz CT molecular complexity index is 699. The maximum atomic E-state index is 11.9. The fourth-order valence-corrected chi connectivity index (χ4v) is 3.46. The van der Waals surface area contributed by atoms with Crippen LogP contribution in [0.2, 0.25) is 0 Å². The van der Waals surface area contributed by atoms with Crippen LogP contribution in [0.25, 0.3) is 0 Å². The zero-order chi connectivity index (χ0) is 15.5. The van der Waals surface area contributed by atoms with Gasteiger partial charge in [-0.3, -0.25) is 0 Å². The molecule has 4 nitrogen and oxygen atoms in total. The molecule has 2 rings (SSSR count). The van der Waals surface area contributed by atoms with Crippen LogP contribution in [0.15, 0.2) is 57.0 Å². The van der Waals surface area contributed by atoms with Crippen molar-refractivity contribution < 1.29 is 8.42 Å². The second-order valence-electron chi connectivity index (χ2n) is 4.53. The number of halogens is 1. The van der Waals surface area contributed by atoms with Crippen LogP contribution < -0.4 is 0 Å². The first-order chi connectivity index (χ1) is 9.89. The van der Waals surface area contributed by atoms with Gasteiger partial charge in [0.1, 0.15) is 4.90 Å². The van der Waals surface area contributed by atoms with E-state index in [1.807, 2.05) is 24.3 Å². The molecule has 0 saturated carbocycles. The lowest BCUT2D eigenvalue weighted by Gasteiger charge is -2.11. The van der Waals surface area contributed by atoms with Gasteiger partial charge in [-0.25, -0.2) is 17.7 Å². The van der Waals surface area contributed by atoms with Crippen LogP contribution in [-0.4, -0.2) is 31.8 Å².